The van der Waals surface area contributed by atoms with Crippen LogP contribution >= 0.6 is 0 Å². The first-order valence-electron chi connectivity index (χ1n) is 12.8. The van der Waals surface area contributed by atoms with Crippen molar-refractivity contribution in [3.05, 3.63) is 35.9 Å². The van der Waals surface area contributed by atoms with E-state index in [0.717, 1.165) is 18.4 Å². The average molecular weight is 492 g/mol. The highest BCUT2D eigenvalue weighted by atomic mass is 16.6. The van der Waals surface area contributed by atoms with Crippen molar-refractivity contribution >= 4 is 12.2 Å². The molecule has 2 amide bonds. The van der Waals surface area contributed by atoms with Crippen LogP contribution in [0.1, 0.15) is 79.2 Å². The summed E-state index contributed by atoms with van der Waals surface area (Å²) >= 11 is 0. The van der Waals surface area contributed by atoms with Gasteiger partial charge in [0.05, 0.1) is 18.7 Å². The molecule has 3 N–H and O–H groups in total. The Morgan fingerprint density at radius 3 is 2.17 bits per heavy atom. The van der Waals surface area contributed by atoms with Gasteiger partial charge >= 0.3 is 12.2 Å². The van der Waals surface area contributed by atoms with Crippen molar-refractivity contribution in [3.8, 4) is 0 Å². The second kappa shape index (κ2) is 13.1. The van der Waals surface area contributed by atoms with Crippen LogP contribution in [0.25, 0.3) is 0 Å². The molecule has 2 rings (SSSR count). The number of benzene rings is 1. The zero-order chi connectivity index (χ0) is 26.1. The van der Waals surface area contributed by atoms with Crippen LogP contribution in [0.4, 0.5) is 9.59 Å². The summed E-state index contributed by atoms with van der Waals surface area (Å²) in [5, 5.41) is 15.4. The van der Waals surface area contributed by atoms with Crippen LogP contribution in [0.3, 0.4) is 0 Å². The number of hydrazine groups is 1. The number of nitrogens with zero attached hydrogens (tertiary/aromatic N) is 1. The van der Waals surface area contributed by atoms with Crippen molar-refractivity contribution in [1.82, 2.24) is 15.8 Å². The molecular weight excluding hydrogens is 446 g/mol. The van der Waals surface area contributed by atoms with Gasteiger partial charge in [0.15, 0.2) is 0 Å². The first-order valence-corrected chi connectivity index (χ1v) is 12.8. The van der Waals surface area contributed by atoms with Crippen LogP contribution in [-0.4, -0.2) is 58.7 Å². The molecule has 0 heterocycles. The topological polar surface area (TPSA) is 100 Å². The molecule has 35 heavy (non-hydrogen) atoms. The number of alkyl carbamates (subject to hydrolysis) is 1. The number of ether oxygens (including phenoxy) is 2. The average Bonchev–Trinajstić information content (AvgIpc) is 2.75. The lowest BCUT2D eigenvalue weighted by Gasteiger charge is -2.33. The Kier molecular flexibility index (Phi) is 10.8. The molecule has 1 aromatic rings. The molecule has 8 heteroatoms. The third kappa shape index (κ3) is 11.8. The van der Waals surface area contributed by atoms with Crippen LogP contribution in [0, 0.1) is 5.92 Å². The van der Waals surface area contributed by atoms with Gasteiger partial charge in [0.25, 0.3) is 0 Å². The quantitative estimate of drug-likeness (QED) is 0.429. The summed E-state index contributed by atoms with van der Waals surface area (Å²) in [6.07, 6.45) is 4.03. The fourth-order valence-corrected chi connectivity index (χ4v) is 4.08. The molecule has 0 saturated heterocycles. The number of amides is 2. The number of aliphatic hydroxyl groups is 1. The Bertz CT molecular complexity index is 782. The Morgan fingerprint density at radius 2 is 1.60 bits per heavy atom. The molecule has 2 atom stereocenters. The van der Waals surface area contributed by atoms with Crippen molar-refractivity contribution in [3.63, 3.8) is 0 Å². The molecule has 0 unspecified atom stereocenters. The van der Waals surface area contributed by atoms with E-state index in [9.17, 15) is 14.7 Å². The normalized spacial score (nSPS) is 16.8. The van der Waals surface area contributed by atoms with Crippen molar-refractivity contribution < 1.29 is 24.2 Å². The number of hydrogen-bond donors (Lipinski definition) is 3. The molecule has 0 aromatic heterocycles. The Hall–Kier alpha value is -2.32. The zero-order valence-electron chi connectivity index (χ0n) is 22.3. The fraction of sp³-hybridized carbons (Fsp3) is 0.704. The summed E-state index contributed by atoms with van der Waals surface area (Å²) in [4.78, 5) is 25.5. The van der Waals surface area contributed by atoms with Gasteiger partial charge in [-0.2, -0.15) is 0 Å². The van der Waals surface area contributed by atoms with Crippen molar-refractivity contribution in [2.24, 2.45) is 5.92 Å². The van der Waals surface area contributed by atoms with E-state index < -0.39 is 35.5 Å². The largest absolute Gasteiger partial charge is 0.444 e. The first kappa shape index (κ1) is 28.9. The van der Waals surface area contributed by atoms with Crippen LogP contribution in [0.15, 0.2) is 30.3 Å². The Morgan fingerprint density at radius 1 is 1.00 bits per heavy atom. The monoisotopic (exact) mass is 491 g/mol. The number of rotatable bonds is 9. The van der Waals surface area contributed by atoms with Gasteiger partial charge in [-0.25, -0.2) is 20.0 Å². The van der Waals surface area contributed by atoms with Gasteiger partial charge in [-0.05, 0) is 72.3 Å². The lowest BCUT2D eigenvalue weighted by Crippen LogP contribution is -2.55. The van der Waals surface area contributed by atoms with Gasteiger partial charge in [-0.1, -0.05) is 49.6 Å². The van der Waals surface area contributed by atoms with Crippen LogP contribution in [0.5, 0.6) is 0 Å². The van der Waals surface area contributed by atoms with Gasteiger partial charge in [0, 0.05) is 6.54 Å². The highest BCUT2D eigenvalue weighted by molar-refractivity contribution is 5.69. The number of hydrogen-bond acceptors (Lipinski definition) is 6. The molecule has 8 nitrogen and oxygen atoms in total. The molecule has 1 aromatic carbocycles. The predicted octanol–water partition coefficient (Wildman–Crippen LogP) is 4.81. The van der Waals surface area contributed by atoms with Crippen LogP contribution in [-0.2, 0) is 15.9 Å². The van der Waals surface area contributed by atoms with Gasteiger partial charge in [0.1, 0.15) is 11.2 Å². The minimum atomic E-state index is -1.06. The first-order chi connectivity index (χ1) is 16.3. The SMILES string of the molecule is CC(C)(C)OC(=O)N[C@@H](Cc1ccccc1)[C@@H](O)CN(NCC1CCCCC1)C(=O)OC(C)(C)C. The second-order valence-corrected chi connectivity index (χ2v) is 11.5. The maximum absolute atomic E-state index is 13.0. The third-order valence-corrected chi connectivity index (χ3v) is 5.74. The van der Waals surface area contributed by atoms with E-state index in [4.69, 9.17) is 9.47 Å². The summed E-state index contributed by atoms with van der Waals surface area (Å²) in [6.45, 7) is 11.4. The van der Waals surface area contributed by atoms with E-state index in [-0.39, 0.29) is 6.54 Å². The maximum Gasteiger partial charge on any atom is 0.424 e. The van der Waals surface area contributed by atoms with E-state index in [0.29, 0.717) is 18.9 Å². The number of nitrogens with one attached hydrogen (secondary N) is 2. The van der Waals surface area contributed by atoms with E-state index >= 15 is 0 Å². The molecule has 1 saturated carbocycles. The van der Waals surface area contributed by atoms with Crippen molar-refractivity contribution in [1.29, 1.82) is 0 Å². The van der Waals surface area contributed by atoms with Gasteiger partial charge in [-0.15, -0.1) is 0 Å². The standard InChI is InChI=1S/C27H45N3O5/c1-26(2,3)34-24(32)29-22(17-20-13-9-7-10-14-20)23(31)19-30(25(33)35-27(4,5)6)28-18-21-15-11-8-12-16-21/h7,9-10,13-14,21-23,28,31H,8,11-12,15-19H2,1-6H3,(H,29,32)/t22-,23-/m0/s1. The lowest BCUT2D eigenvalue weighted by atomic mass is 9.89. The minimum Gasteiger partial charge on any atom is -0.444 e. The summed E-state index contributed by atoms with van der Waals surface area (Å²) in [7, 11) is 0. The summed E-state index contributed by atoms with van der Waals surface area (Å²) in [6, 6.07) is 8.92. The molecular formula is C27H45N3O5. The Labute approximate surface area is 210 Å². The van der Waals surface area contributed by atoms with E-state index in [1.807, 2.05) is 51.1 Å². The second-order valence-electron chi connectivity index (χ2n) is 11.5. The Balaban J connectivity index is 2.14. The molecule has 1 aliphatic rings. The molecule has 1 aliphatic carbocycles. The third-order valence-electron chi connectivity index (χ3n) is 5.74. The number of carbonyl (C=O) groups excluding carboxylic acids is 2. The molecule has 0 spiro atoms. The van der Waals surface area contributed by atoms with E-state index in [1.54, 1.807) is 20.8 Å². The van der Waals surface area contributed by atoms with Crippen LogP contribution < -0.4 is 10.7 Å². The zero-order valence-corrected chi connectivity index (χ0v) is 22.3. The number of carbonyl (C=O) groups is 2. The highest BCUT2D eigenvalue weighted by Crippen LogP contribution is 2.23. The summed E-state index contributed by atoms with van der Waals surface area (Å²) in [5.74, 6) is 0.478. The molecule has 1 fully saturated rings. The highest BCUT2D eigenvalue weighted by Gasteiger charge is 2.30. The van der Waals surface area contributed by atoms with E-state index in [2.05, 4.69) is 10.7 Å². The molecule has 0 aliphatic heterocycles. The minimum absolute atomic E-state index is 0.0467. The predicted molar refractivity (Wildman–Crippen MR) is 137 cm³/mol. The molecule has 0 radical (unpaired) electrons. The lowest BCUT2D eigenvalue weighted by molar-refractivity contribution is -0.00676. The summed E-state index contributed by atoms with van der Waals surface area (Å²) < 4.78 is 11.0. The van der Waals surface area contributed by atoms with E-state index in [1.165, 1.54) is 24.3 Å². The maximum atomic E-state index is 13.0. The smallest absolute Gasteiger partial charge is 0.424 e. The molecule has 198 valence electrons. The molecule has 0 bridgehead atoms. The number of aliphatic hydroxyl groups excluding tert-OH is 1. The fourth-order valence-electron chi connectivity index (χ4n) is 4.08. The van der Waals surface area contributed by atoms with Gasteiger partial charge in [-0.3, -0.25) is 0 Å². The van der Waals surface area contributed by atoms with Crippen molar-refractivity contribution in [2.45, 2.75) is 103 Å². The summed E-state index contributed by atoms with van der Waals surface area (Å²) in [5.41, 5.74) is 2.81. The van der Waals surface area contributed by atoms with Crippen LogP contribution in [0.2, 0.25) is 0 Å². The van der Waals surface area contributed by atoms with Gasteiger partial charge < -0.3 is 19.9 Å². The van der Waals surface area contributed by atoms with Crippen molar-refractivity contribution in [2.75, 3.05) is 13.1 Å². The van der Waals surface area contributed by atoms with Gasteiger partial charge in [0.2, 0.25) is 0 Å².